The summed E-state index contributed by atoms with van der Waals surface area (Å²) >= 11 is 1.01. The van der Waals surface area contributed by atoms with E-state index in [4.69, 9.17) is 9.53 Å². The third kappa shape index (κ3) is 6.94. The maximum absolute atomic E-state index is 16.0. The molecule has 10 nitrogen and oxygen atoms in total. The fourth-order valence-corrected chi connectivity index (χ4v) is 8.68. The highest BCUT2D eigenvalue weighted by atomic mass is 32.1. The summed E-state index contributed by atoms with van der Waals surface area (Å²) in [6, 6.07) is 16.0. The predicted octanol–water partition coefficient (Wildman–Crippen LogP) is 7.10. The molecule has 8 rings (SSSR count). The van der Waals surface area contributed by atoms with Crippen molar-refractivity contribution >= 4 is 46.8 Å². The quantitative estimate of drug-likeness (QED) is 0.177. The number of alkyl halides is 1. The summed E-state index contributed by atoms with van der Waals surface area (Å²) in [5.74, 6) is -1.29. The first kappa shape index (κ1) is 36.7. The van der Waals surface area contributed by atoms with Crippen molar-refractivity contribution in [1.82, 2.24) is 9.97 Å². The van der Waals surface area contributed by atoms with E-state index in [-0.39, 0.29) is 52.6 Å². The maximum Gasteiger partial charge on any atom is 0.259 e. The molecule has 3 aromatic heterocycles. The monoisotopic (exact) mass is 754 g/mol. The van der Waals surface area contributed by atoms with Gasteiger partial charge in [-0.2, -0.15) is 0 Å². The summed E-state index contributed by atoms with van der Waals surface area (Å²) in [7, 11) is 0. The number of ether oxygens (including phenoxy) is 1. The summed E-state index contributed by atoms with van der Waals surface area (Å²) in [5, 5.41) is 2.97. The minimum Gasteiger partial charge on any atom is -0.381 e. The van der Waals surface area contributed by atoms with Crippen LogP contribution < -0.4 is 20.9 Å². The second-order valence-electron chi connectivity index (χ2n) is 13.6. The second-order valence-corrected chi connectivity index (χ2v) is 14.6. The van der Waals surface area contributed by atoms with E-state index in [1.165, 1.54) is 18.2 Å². The molecule has 3 aliphatic rings. The number of nitrogens with one attached hydrogen (secondary N) is 1. The Hall–Kier alpha value is -5.60. The van der Waals surface area contributed by atoms with Gasteiger partial charge in [-0.05, 0) is 85.8 Å². The predicted molar refractivity (Wildman–Crippen MR) is 201 cm³/mol. The average molecular weight is 755 g/mol. The Morgan fingerprint density at radius 3 is 2.50 bits per heavy atom. The fraction of sp³-hybridized carbons (Fsp3) is 0.275. The van der Waals surface area contributed by atoms with E-state index >= 15 is 4.39 Å². The molecule has 278 valence electrons. The number of thiophene rings is 1. The molecule has 0 bridgehead atoms. The van der Waals surface area contributed by atoms with Crippen LogP contribution in [0.1, 0.15) is 50.2 Å². The van der Waals surface area contributed by atoms with Crippen LogP contribution in [-0.4, -0.2) is 61.0 Å². The number of aryl methyl sites for hydroxylation is 1. The van der Waals surface area contributed by atoms with E-state index in [9.17, 15) is 18.4 Å². The van der Waals surface area contributed by atoms with Crippen LogP contribution in [-0.2, 0) is 22.6 Å². The van der Waals surface area contributed by atoms with Crippen molar-refractivity contribution in [3.8, 4) is 21.0 Å². The van der Waals surface area contributed by atoms with Crippen molar-refractivity contribution in [2.24, 2.45) is 11.1 Å². The van der Waals surface area contributed by atoms with E-state index in [1.807, 2.05) is 13.0 Å². The molecule has 0 saturated carbocycles. The van der Waals surface area contributed by atoms with Crippen molar-refractivity contribution in [2.45, 2.75) is 32.9 Å². The number of carbonyl (C=O) groups excluding carboxylic acids is 3. The first-order valence-electron chi connectivity index (χ1n) is 17.4. The van der Waals surface area contributed by atoms with Crippen LogP contribution in [0.3, 0.4) is 0 Å². The third-order valence-corrected chi connectivity index (χ3v) is 11.3. The lowest BCUT2D eigenvalue weighted by atomic mass is 9.73. The second kappa shape index (κ2) is 15.4. The number of anilines is 3. The number of hydrogen-bond donors (Lipinski definition) is 2. The van der Waals surface area contributed by atoms with Gasteiger partial charge in [0.25, 0.3) is 11.8 Å². The molecular weight excluding hydrogens is 718 g/mol. The molecule has 2 saturated heterocycles. The first-order valence-corrected chi connectivity index (χ1v) is 18.3. The highest BCUT2D eigenvalue weighted by molar-refractivity contribution is 7.19. The van der Waals surface area contributed by atoms with Crippen LogP contribution in [0.25, 0.3) is 21.0 Å². The SMILES string of the molecule is Cc1cnc(N2CC3(CCOCC3)C2)c(C(=O)Nc2ccc(C(=O)N3CCc4c(sc(-c5c(F)cccc5CF)c4F)-c4ncccc43)cc2)c1.NC=O. The molecular formula is C40H37F3N6O4S. The summed E-state index contributed by atoms with van der Waals surface area (Å²) < 4.78 is 50.3. The van der Waals surface area contributed by atoms with Crippen molar-refractivity contribution in [1.29, 1.82) is 0 Å². The molecule has 0 radical (unpaired) electrons. The van der Waals surface area contributed by atoms with Crippen molar-refractivity contribution in [2.75, 3.05) is 48.0 Å². The smallest absolute Gasteiger partial charge is 0.259 e. The Kier molecular flexibility index (Phi) is 10.5. The highest BCUT2D eigenvalue weighted by Crippen LogP contribution is 2.47. The Labute approximate surface area is 313 Å². The van der Waals surface area contributed by atoms with E-state index in [0.29, 0.717) is 44.5 Å². The normalized spacial score (nSPS) is 15.6. The number of primary amides is 1. The zero-order valence-corrected chi connectivity index (χ0v) is 30.2. The van der Waals surface area contributed by atoms with Gasteiger partial charge in [-0.3, -0.25) is 19.4 Å². The minimum absolute atomic E-state index is 0.0152. The lowest BCUT2D eigenvalue weighted by Gasteiger charge is -2.53. The van der Waals surface area contributed by atoms with Gasteiger partial charge in [0.2, 0.25) is 6.41 Å². The summed E-state index contributed by atoms with van der Waals surface area (Å²) in [6.45, 7) is 4.30. The number of aromatic nitrogens is 2. The van der Waals surface area contributed by atoms with E-state index in [0.717, 1.165) is 56.0 Å². The van der Waals surface area contributed by atoms with E-state index in [2.05, 4.69) is 25.9 Å². The Morgan fingerprint density at radius 2 is 1.78 bits per heavy atom. The van der Waals surface area contributed by atoms with Crippen LogP contribution in [0.5, 0.6) is 0 Å². The zero-order valence-electron chi connectivity index (χ0n) is 29.4. The van der Waals surface area contributed by atoms with Crippen LogP contribution in [0, 0.1) is 24.0 Å². The molecule has 3 N–H and O–H groups in total. The van der Waals surface area contributed by atoms with Gasteiger partial charge in [0.15, 0.2) is 0 Å². The number of fused-ring (bicyclic) bond motifs is 3. The van der Waals surface area contributed by atoms with Gasteiger partial charge in [0.05, 0.1) is 21.0 Å². The molecule has 54 heavy (non-hydrogen) atoms. The number of benzene rings is 2. The van der Waals surface area contributed by atoms with Crippen LogP contribution >= 0.6 is 11.3 Å². The molecule has 0 aliphatic carbocycles. The molecule has 0 atom stereocenters. The largest absolute Gasteiger partial charge is 0.381 e. The molecule has 14 heteroatoms. The highest BCUT2D eigenvalue weighted by Gasteiger charge is 2.45. The number of amides is 3. The lowest BCUT2D eigenvalue weighted by molar-refractivity contribution is -0.106. The topological polar surface area (TPSA) is 131 Å². The van der Waals surface area contributed by atoms with Gasteiger partial charge < -0.3 is 25.6 Å². The van der Waals surface area contributed by atoms with Crippen LogP contribution in [0.2, 0.25) is 0 Å². The molecule has 0 unspecified atom stereocenters. The van der Waals surface area contributed by atoms with Gasteiger partial charge in [0, 0.05) is 73.0 Å². The Balaban J connectivity index is 0.00000145. The number of nitrogens with two attached hydrogens (primary N) is 1. The standard InChI is InChI=1S/C39H34F3N5O3S.CH3NO/c1-23-18-28(36(44-20-23)46-21-39(22-46)12-16-50-17-13-39)37(48)45-26-9-7-24(8-10-26)38(49)47-15-11-27-32(42)35(31-25(19-40)4-2-5-29(31)41)51-34(27)33-30(47)6-3-14-43-33;2-1-3/h2-10,14,18,20H,11-13,15-17,19,21-22H2,1H3,(H,45,48);1H,(H2,2,3). The van der Waals surface area contributed by atoms with Gasteiger partial charge in [-0.1, -0.05) is 12.1 Å². The molecule has 1 spiro atoms. The lowest BCUT2D eigenvalue weighted by Crippen LogP contribution is -2.59. The number of halogens is 3. The van der Waals surface area contributed by atoms with Gasteiger partial charge in [-0.25, -0.2) is 18.2 Å². The summed E-state index contributed by atoms with van der Waals surface area (Å²) in [5.41, 5.74) is 7.80. The van der Waals surface area contributed by atoms with Gasteiger partial charge in [-0.15, -0.1) is 11.3 Å². The summed E-state index contributed by atoms with van der Waals surface area (Å²) in [6.07, 6.45) is 5.74. The molecule has 3 aliphatic heterocycles. The maximum atomic E-state index is 16.0. The zero-order chi connectivity index (χ0) is 38.0. The van der Waals surface area contributed by atoms with Gasteiger partial charge in [0.1, 0.15) is 29.8 Å². The van der Waals surface area contributed by atoms with Crippen molar-refractivity contribution < 1.29 is 32.3 Å². The van der Waals surface area contributed by atoms with Crippen LogP contribution in [0.4, 0.5) is 30.4 Å². The average Bonchev–Trinajstić information content (AvgIpc) is 3.39. The molecule has 2 fully saturated rings. The fourth-order valence-electron chi connectivity index (χ4n) is 7.36. The van der Waals surface area contributed by atoms with Crippen molar-refractivity contribution in [3.05, 3.63) is 113 Å². The van der Waals surface area contributed by atoms with E-state index < -0.39 is 18.3 Å². The van der Waals surface area contributed by atoms with Crippen LogP contribution in [0.15, 0.2) is 73.1 Å². The number of nitrogens with zero attached hydrogens (tertiary/aromatic N) is 4. The van der Waals surface area contributed by atoms with E-state index in [1.54, 1.807) is 53.7 Å². The summed E-state index contributed by atoms with van der Waals surface area (Å²) in [4.78, 5) is 49.5. The number of rotatable bonds is 6. The number of carbonyl (C=O) groups is 3. The minimum atomic E-state index is -0.936. The molecule has 2 aromatic carbocycles. The molecule has 5 aromatic rings. The number of hydrogen-bond acceptors (Lipinski definition) is 8. The third-order valence-electron chi connectivity index (χ3n) is 10.1. The van der Waals surface area contributed by atoms with Gasteiger partial charge >= 0.3 is 0 Å². The molecule has 3 amide bonds. The molecule has 6 heterocycles. The number of pyridine rings is 2. The Morgan fingerprint density at radius 1 is 1.04 bits per heavy atom. The van der Waals surface area contributed by atoms with Crippen molar-refractivity contribution in [3.63, 3.8) is 0 Å². The Bertz CT molecular complexity index is 2220. The first-order chi connectivity index (χ1) is 26.2.